The van der Waals surface area contributed by atoms with Gasteiger partial charge >= 0.3 is 5.97 Å². The van der Waals surface area contributed by atoms with E-state index in [1.54, 1.807) is 0 Å². The minimum atomic E-state index is -1.01. The monoisotopic (exact) mass is 219 g/mol. The van der Waals surface area contributed by atoms with Crippen LogP contribution in [-0.4, -0.2) is 35.5 Å². The Hall–Kier alpha value is -1.37. The van der Waals surface area contributed by atoms with E-state index in [2.05, 4.69) is 4.84 Å². The highest BCUT2D eigenvalue weighted by Gasteiger charge is 2.49. The van der Waals surface area contributed by atoms with Gasteiger partial charge in [-0.2, -0.15) is 0 Å². The third kappa shape index (κ3) is 2.35. The summed E-state index contributed by atoms with van der Waals surface area (Å²) >= 11 is 0. The number of methoxy groups -OCH3 is 1. The number of hydrogen-bond acceptors (Lipinski definition) is 5. The van der Waals surface area contributed by atoms with Crippen molar-refractivity contribution in [2.45, 2.75) is 32.0 Å². The fraction of sp³-hybridized carbons (Fsp3) is 0.875. The Morgan fingerprint density at radius 2 is 2.07 bits per heavy atom. The molecule has 15 heavy (non-hydrogen) atoms. The quantitative estimate of drug-likeness (QED) is 0.544. The number of carbonyl (C=O) groups is 1. The van der Waals surface area contributed by atoms with Crippen molar-refractivity contribution in [2.75, 3.05) is 7.11 Å². The number of aliphatic carboxylic acids is 1. The summed E-state index contributed by atoms with van der Waals surface area (Å²) in [7, 11) is 1.38. The standard InChI is InChI=1S/C8H13NO6/c1-8(7(10)11)3-5(14-2)6(4-8)15-9(12)13/h5-6H,3-4H2,1-2H3,(H,10,11)/t5-,6-,8+/m0/s1. The van der Waals surface area contributed by atoms with Crippen molar-refractivity contribution in [1.29, 1.82) is 0 Å². The molecule has 0 spiro atoms. The number of nitrogens with zero attached hydrogens (tertiary/aromatic N) is 1. The summed E-state index contributed by atoms with van der Waals surface area (Å²) in [5.41, 5.74) is -1.01. The Labute approximate surface area is 86.1 Å². The first kappa shape index (κ1) is 11.7. The van der Waals surface area contributed by atoms with Gasteiger partial charge in [0.1, 0.15) is 6.10 Å². The predicted octanol–water partition coefficient (Wildman–Crippen LogP) is 0.463. The van der Waals surface area contributed by atoms with Gasteiger partial charge in [-0.05, 0) is 19.8 Å². The van der Waals surface area contributed by atoms with Crippen LogP contribution in [0.1, 0.15) is 19.8 Å². The summed E-state index contributed by atoms with van der Waals surface area (Å²) in [5.74, 6) is -0.987. The summed E-state index contributed by atoms with van der Waals surface area (Å²) in [5, 5.41) is 18.2. The number of hydrogen-bond donors (Lipinski definition) is 1. The third-order valence-electron chi connectivity index (χ3n) is 2.76. The summed E-state index contributed by atoms with van der Waals surface area (Å²) in [4.78, 5) is 25.5. The second-order valence-corrected chi connectivity index (χ2v) is 3.92. The van der Waals surface area contributed by atoms with Gasteiger partial charge in [-0.1, -0.05) is 0 Å². The van der Waals surface area contributed by atoms with Gasteiger partial charge in [0.2, 0.25) is 0 Å². The normalized spacial score (nSPS) is 35.1. The van der Waals surface area contributed by atoms with Crippen LogP contribution in [0, 0.1) is 15.5 Å². The van der Waals surface area contributed by atoms with Gasteiger partial charge in [-0.3, -0.25) is 4.79 Å². The topological polar surface area (TPSA) is 98.9 Å². The number of carboxylic acids is 1. The maximum atomic E-state index is 10.9. The molecule has 0 bridgehead atoms. The molecule has 7 nitrogen and oxygen atoms in total. The van der Waals surface area contributed by atoms with Gasteiger partial charge in [0, 0.05) is 7.11 Å². The van der Waals surface area contributed by atoms with E-state index in [1.807, 2.05) is 0 Å². The Balaban J connectivity index is 2.74. The van der Waals surface area contributed by atoms with Crippen LogP contribution in [0.25, 0.3) is 0 Å². The average Bonchev–Trinajstić information content (AvgIpc) is 2.43. The van der Waals surface area contributed by atoms with E-state index in [0.29, 0.717) is 0 Å². The van der Waals surface area contributed by atoms with E-state index in [-0.39, 0.29) is 12.8 Å². The molecule has 0 aromatic carbocycles. The summed E-state index contributed by atoms with van der Waals surface area (Å²) in [6.45, 7) is 1.53. The van der Waals surface area contributed by atoms with Crippen LogP contribution in [0.2, 0.25) is 0 Å². The highest BCUT2D eigenvalue weighted by molar-refractivity contribution is 5.74. The minimum absolute atomic E-state index is 0.0851. The molecule has 0 unspecified atom stereocenters. The molecule has 0 amide bonds. The SMILES string of the molecule is CO[C@H]1C[C@@](C)(C(=O)O)C[C@@H]1O[N+](=O)[O-]. The van der Waals surface area contributed by atoms with Crippen molar-refractivity contribution in [3.63, 3.8) is 0 Å². The van der Waals surface area contributed by atoms with Gasteiger partial charge in [-0.15, -0.1) is 10.1 Å². The zero-order valence-corrected chi connectivity index (χ0v) is 8.50. The Kier molecular flexibility index (Phi) is 3.13. The van der Waals surface area contributed by atoms with Gasteiger partial charge in [0.25, 0.3) is 5.09 Å². The van der Waals surface area contributed by atoms with Crippen LogP contribution in [0.15, 0.2) is 0 Å². The predicted molar refractivity (Wildman–Crippen MR) is 47.6 cm³/mol. The molecule has 1 N–H and O–H groups in total. The molecule has 0 aliphatic heterocycles. The van der Waals surface area contributed by atoms with Gasteiger partial charge in [0.05, 0.1) is 11.5 Å². The number of carboxylic acid groups (broad SMARTS) is 1. The molecule has 3 atom stereocenters. The van der Waals surface area contributed by atoms with Crippen LogP contribution in [0.4, 0.5) is 0 Å². The van der Waals surface area contributed by atoms with Crippen molar-refractivity contribution in [1.82, 2.24) is 0 Å². The summed E-state index contributed by atoms with van der Waals surface area (Å²) in [6.07, 6.45) is -1.04. The van der Waals surface area contributed by atoms with Crippen LogP contribution < -0.4 is 0 Å². The third-order valence-corrected chi connectivity index (χ3v) is 2.76. The van der Waals surface area contributed by atoms with Crippen LogP contribution in [0.3, 0.4) is 0 Å². The first-order valence-corrected chi connectivity index (χ1v) is 4.46. The van der Waals surface area contributed by atoms with Gasteiger partial charge in [0.15, 0.2) is 0 Å². The lowest BCUT2D eigenvalue weighted by Crippen LogP contribution is -2.27. The largest absolute Gasteiger partial charge is 0.481 e. The Morgan fingerprint density at radius 3 is 2.47 bits per heavy atom. The lowest BCUT2D eigenvalue weighted by Gasteiger charge is -2.16. The fourth-order valence-corrected chi connectivity index (χ4v) is 1.86. The van der Waals surface area contributed by atoms with Gasteiger partial charge < -0.3 is 14.7 Å². The van der Waals surface area contributed by atoms with E-state index in [4.69, 9.17) is 9.84 Å². The lowest BCUT2D eigenvalue weighted by molar-refractivity contribution is -0.770. The highest BCUT2D eigenvalue weighted by atomic mass is 17.0. The van der Waals surface area contributed by atoms with Crippen molar-refractivity contribution >= 4 is 5.97 Å². The first-order valence-electron chi connectivity index (χ1n) is 4.46. The van der Waals surface area contributed by atoms with E-state index < -0.39 is 28.7 Å². The molecule has 1 aliphatic rings. The number of ether oxygens (including phenoxy) is 1. The second kappa shape index (κ2) is 4.01. The molecule has 0 saturated heterocycles. The van der Waals surface area contributed by atoms with Crippen LogP contribution >= 0.6 is 0 Å². The molecular weight excluding hydrogens is 206 g/mol. The molecule has 1 fully saturated rings. The molecule has 0 heterocycles. The zero-order valence-electron chi connectivity index (χ0n) is 8.50. The van der Waals surface area contributed by atoms with E-state index in [1.165, 1.54) is 14.0 Å². The number of rotatable bonds is 4. The van der Waals surface area contributed by atoms with Crippen molar-refractivity contribution in [3.8, 4) is 0 Å². The maximum absolute atomic E-state index is 10.9. The highest BCUT2D eigenvalue weighted by Crippen LogP contribution is 2.40. The van der Waals surface area contributed by atoms with E-state index >= 15 is 0 Å². The van der Waals surface area contributed by atoms with Crippen molar-refractivity contribution in [3.05, 3.63) is 10.1 Å². The van der Waals surface area contributed by atoms with Crippen LogP contribution in [-0.2, 0) is 14.4 Å². The van der Waals surface area contributed by atoms with Crippen LogP contribution in [0.5, 0.6) is 0 Å². The molecule has 7 heteroatoms. The Bertz CT molecular complexity index is 280. The van der Waals surface area contributed by atoms with Crippen molar-refractivity contribution in [2.24, 2.45) is 5.41 Å². The van der Waals surface area contributed by atoms with Gasteiger partial charge in [-0.25, -0.2) is 0 Å². The molecule has 0 radical (unpaired) electrons. The molecule has 1 aliphatic carbocycles. The molecule has 0 aromatic heterocycles. The molecular formula is C8H13NO6. The molecule has 86 valence electrons. The van der Waals surface area contributed by atoms with Crippen molar-refractivity contribution < 1.29 is 24.6 Å². The fourth-order valence-electron chi connectivity index (χ4n) is 1.86. The minimum Gasteiger partial charge on any atom is -0.481 e. The second-order valence-electron chi connectivity index (χ2n) is 3.92. The zero-order chi connectivity index (χ0) is 11.6. The lowest BCUT2D eigenvalue weighted by atomic mass is 9.89. The Morgan fingerprint density at radius 1 is 1.53 bits per heavy atom. The first-order chi connectivity index (χ1) is 6.89. The molecule has 1 rings (SSSR count). The molecule has 1 saturated carbocycles. The van der Waals surface area contributed by atoms with E-state index in [0.717, 1.165) is 0 Å². The summed E-state index contributed by atoms with van der Waals surface area (Å²) < 4.78 is 4.98. The smallest absolute Gasteiger partial charge is 0.309 e. The summed E-state index contributed by atoms with van der Waals surface area (Å²) in [6, 6.07) is 0. The van der Waals surface area contributed by atoms with E-state index in [9.17, 15) is 14.9 Å². The molecule has 0 aromatic rings. The average molecular weight is 219 g/mol. The maximum Gasteiger partial charge on any atom is 0.309 e.